The predicted molar refractivity (Wildman–Crippen MR) is 141 cm³/mol. The van der Waals surface area contributed by atoms with Gasteiger partial charge in [0.2, 0.25) is 0 Å². The summed E-state index contributed by atoms with van der Waals surface area (Å²) in [5.41, 5.74) is 1.65. The molecule has 0 atom stereocenters. The minimum atomic E-state index is -0.367. The average Bonchev–Trinajstić information content (AvgIpc) is 3.08. The Morgan fingerprint density at radius 3 is 2.68 bits per heavy atom. The molecule has 0 saturated carbocycles. The Bertz CT molecular complexity index is 1250. The highest BCUT2D eigenvalue weighted by Gasteiger charge is 2.32. The summed E-state index contributed by atoms with van der Waals surface area (Å²) in [6.07, 6.45) is 2.40. The molecule has 10 heteroatoms. The number of pyridine rings is 1. The summed E-state index contributed by atoms with van der Waals surface area (Å²) in [4.78, 5) is 28.1. The molecule has 0 radical (unpaired) electrons. The van der Waals surface area contributed by atoms with E-state index in [1.54, 1.807) is 30.7 Å². The van der Waals surface area contributed by atoms with Crippen LogP contribution in [0.1, 0.15) is 35.6 Å². The van der Waals surface area contributed by atoms with Crippen molar-refractivity contribution in [3.63, 3.8) is 0 Å². The van der Waals surface area contributed by atoms with Crippen LogP contribution in [0.15, 0.2) is 34.0 Å². The zero-order valence-corrected chi connectivity index (χ0v) is 21.6. The summed E-state index contributed by atoms with van der Waals surface area (Å²) in [6, 6.07) is 9.47. The molecule has 1 aliphatic rings. The number of amides is 1. The maximum absolute atomic E-state index is 13.1. The van der Waals surface area contributed by atoms with Crippen molar-refractivity contribution in [2.45, 2.75) is 33.4 Å². The lowest BCUT2D eigenvalue weighted by molar-refractivity contribution is -0.122. The molecule has 2 aromatic rings. The monoisotopic (exact) mass is 516 g/mol. The van der Waals surface area contributed by atoms with Gasteiger partial charge in [0.1, 0.15) is 21.8 Å². The molecule has 0 aliphatic carbocycles. The number of aromatic nitrogens is 1. The van der Waals surface area contributed by atoms with Crippen LogP contribution in [-0.4, -0.2) is 40.0 Å². The number of nitrogens with zero attached hydrogens (tertiary/aromatic N) is 3. The summed E-state index contributed by atoms with van der Waals surface area (Å²) in [7, 11) is 1.56. The van der Waals surface area contributed by atoms with Gasteiger partial charge in [0.15, 0.2) is 0 Å². The summed E-state index contributed by atoms with van der Waals surface area (Å²) in [5.74, 6) is 0.306. The molecule has 34 heavy (non-hydrogen) atoms. The SMILES string of the molecule is CCCn1c(NCc2ccccc2Cl)c(/C=C2/SC(=S)N(CCOC)C2=O)c(C)c(C#N)c1=O. The van der Waals surface area contributed by atoms with Crippen LogP contribution < -0.4 is 10.9 Å². The van der Waals surface area contributed by atoms with Crippen LogP contribution in [0.25, 0.3) is 6.08 Å². The second-order valence-electron chi connectivity index (χ2n) is 7.60. The molecule has 7 nitrogen and oxygen atoms in total. The highest BCUT2D eigenvalue weighted by Crippen LogP contribution is 2.35. The third-order valence-electron chi connectivity index (χ3n) is 5.39. The summed E-state index contributed by atoms with van der Waals surface area (Å²) in [6.45, 7) is 5.17. The van der Waals surface area contributed by atoms with Gasteiger partial charge >= 0.3 is 0 Å². The van der Waals surface area contributed by atoms with E-state index >= 15 is 0 Å². The van der Waals surface area contributed by atoms with Crippen molar-refractivity contribution in [3.8, 4) is 6.07 Å². The molecule has 1 aromatic heterocycles. The first-order valence-corrected chi connectivity index (χ1v) is 12.3. The molecule has 1 amide bonds. The van der Waals surface area contributed by atoms with E-state index in [4.69, 9.17) is 28.6 Å². The molecule has 0 bridgehead atoms. The number of carbonyl (C=O) groups excluding carboxylic acids is 1. The molecule has 0 unspecified atom stereocenters. The van der Waals surface area contributed by atoms with Gasteiger partial charge in [0.05, 0.1) is 18.1 Å². The van der Waals surface area contributed by atoms with Crippen molar-refractivity contribution in [2.75, 3.05) is 25.6 Å². The standard InChI is InChI=1S/C24H25ClN4O3S2/c1-4-9-28-21(27-14-16-7-5-6-8-19(16)25)17(15(2)18(13-26)22(28)30)12-20-23(31)29(10-11-32-3)24(33)34-20/h5-8,12,27H,4,9-11,14H2,1-3H3/b20-12+. The fourth-order valence-corrected chi connectivity index (χ4v) is 5.11. The Kier molecular flexibility index (Phi) is 8.91. The number of halogens is 1. The van der Waals surface area contributed by atoms with Crippen LogP contribution in [0.2, 0.25) is 5.02 Å². The van der Waals surface area contributed by atoms with Crippen LogP contribution in [0.4, 0.5) is 5.82 Å². The van der Waals surface area contributed by atoms with Gasteiger partial charge in [-0.2, -0.15) is 5.26 Å². The predicted octanol–water partition coefficient (Wildman–Crippen LogP) is 4.55. The van der Waals surface area contributed by atoms with E-state index in [0.717, 1.165) is 5.56 Å². The van der Waals surface area contributed by atoms with Crippen molar-refractivity contribution in [3.05, 3.63) is 66.8 Å². The maximum atomic E-state index is 13.1. The zero-order valence-electron chi connectivity index (χ0n) is 19.2. The number of hydrogen-bond acceptors (Lipinski definition) is 7. The lowest BCUT2D eigenvalue weighted by Gasteiger charge is -2.20. The number of hydrogen-bond donors (Lipinski definition) is 1. The van der Waals surface area contributed by atoms with Gasteiger partial charge in [0, 0.05) is 30.8 Å². The minimum Gasteiger partial charge on any atom is -0.383 e. The number of ether oxygens (including phenoxy) is 1. The largest absolute Gasteiger partial charge is 0.383 e. The van der Waals surface area contributed by atoms with E-state index in [9.17, 15) is 14.9 Å². The molecule has 1 aromatic carbocycles. The molecular weight excluding hydrogens is 492 g/mol. The number of methoxy groups -OCH3 is 1. The lowest BCUT2D eigenvalue weighted by Crippen LogP contribution is -2.31. The van der Waals surface area contributed by atoms with E-state index in [2.05, 4.69) is 5.32 Å². The van der Waals surface area contributed by atoms with E-state index in [0.29, 0.717) is 63.9 Å². The molecule has 1 N–H and O–H groups in total. The Morgan fingerprint density at radius 1 is 1.29 bits per heavy atom. The quantitative estimate of drug-likeness (QED) is 0.386. The molecule has 0 spiro atoms. The molecule has 3 rings (SSSR count). The highest BCUT2D eigenvalue weighted by molar-refractivity contribution is 8.26. The average molecular weight is 517 g/mol. The first-order chi connectivity index (χ1) is 16.3. The normalized spacial score (nSPS) is 14.7. The molecule has 2 heterocycles. The minimum absolute atomic E-state index is 0.0536. The van der Waals surface area contributed by atoms with Crippen LogP contribution in [0.5, 0.6) is 0 Å². The van der Waals surface area contributed by atoms with Gasteiger partial charge in [0.25, 0.3) is 11.5 Å². The Balaban J connectivity index is 2.14. The maximum Gasteiger partial charge on any atom is 0.270 e. The van der Waals surface area contributed by atoms with Gasteiger partial charge in [-0.3, -0.25) is 19.1 Å². The van der Waals surface area contributed by atoms with E-state index in [1.165, 1.54) is 16.7 Å². The number of carbonyl (C=O) groups is 1. The van der Waals surface area contributed by atoms with Gasteiger partial charge in [-0.05, 0) is 36.6 Å². The van der Waals surface area contributed by atoms with Gasteiger partial charge in [-0.25, -0.2) is 0 Å². The third kappa shape index (κ3) is 5.36. The van der Waals surface area contributed by atoms with Crippen LogP contribution in [0.3, 0.4) is 0 Å². The second kappa shape index (κ2) is 11.7. The zero-order chi connectivity index (χ0) is 24.8. The summed E-state index contributed by atoms with van der Waals surface area (Å²) < 4.78 is 7.08. The van der Waals surface area contributed by atoms with Crippen LogP contribution in [0, 0.1) is 18.3 Å². The van der Waals surface area contributed by atoms with Crippen molar-refractivity contribution in [1.82, 2.24) is 9.47 Å². The summed E-state index contributed by atoms with van der Waals surface area (Å²) in [5, 5.41) is 13.7. The Hall–Kier alpha value is -2.64. The summed E-state index contributed by atoms with van der Waals surface area (Å²) >= 11 is 12.9. The number of thioether (sulfide) groups is 1. The fourth-order valence-electron chi connectivity index (χ4n) is 3.62. The highest BCUT2D eigenvalue weighted by atomic mass is 35.5. The number of nitriles is 1. The Labute approximate surface area is 213 Å². The lowest BCUT2D eigenvalue weighted by atomic mass is 10.0. The first kappa shape index (κ1) is 26.0. The van der Waals surface area contributed by atoms with Crippen molar-refractivity contribution in [2.24, 2.45) is 0 Å². The number of rotatable bonds is 9. The fraction of sp³-hybridized carbons (Fsp3) is 0.333. The number of nitrogens with one attached hydrogen (secondary N) is 1. The van der Waals surface area contributed by atoms with Crippen molar-refractivity contribution < 1.29 is 9.53 Å². The molecule has 178 valence electrons. The first-order valence-electron chi connectivity index (χ1n) is 10.7. The number of benzene rings is 1. The van der Waals surface area contributed by atoms with E-state index < -0.39 is 0 Å². The molecule has 1 fully saturated rings. The third-order valence-corrected chi connectivity index (χ3v) is 7.14. The van der Waals surface area contributed by atoms with Crippen LogP contribution >= 0.6 is 35.6 Å². The topological polar surface area (TPSA) is 87.4 Å². The number of anilines is 1. The van der Waals surface area contributed by atoms with Gasteiger partial charge < -0.3 is 10.1 Å². The molecular formula is C24H25ClN4O3S2. The van der Waals surface area contributed by atoms with Crippen molar-refractivity contribution >= 4 is 57.7 Å². The van der Waals surface area contributed by atoms with Crippen LogP contribution in [-0.2, 0) is 22.6 Å². The van der Waals surface area contributed by atoms with Gasteiger partial charge in [-0.1, -0.05) is 60.7 Å². The number of thiocarbonyl (C=S) groups is 1. The van der Waals surface area contributed by atoms with E-state index in [1.807, 2.05) is 31.2 Å². The molecule has 1 aliphatic heterocycles. The van der Waals surface area contributed by atoms with Gasteiger partial charge in [-0.15, -0.1) is 0 Å². The second-order valence-corrected chi connectivity index (χ2v) is 9.68. The van der Waals surface area contributed by atoms with E-state index in [-0.39, 0.29) is 17.0 Å². The smallest absolute Gasteiger partial charge is 0.270 e. The van der Waals surface area contributed by atoms with Crippen molar-refractivity contribution in [1.29, 1.82) is 5.26 Å². The molecule has 1 saturated heterocycles. The Morgan fingerprint density at radius 2 is 2.03 bits per heavy atom.